The summed E-state index contributed by atoms with van der Waals surface area (Å²) in [7, 11) is 0. The predicted octanol–water partition coefficient (Wildman–Crippen LogP) is -0.838. The molecule has 1 heterocycles. The number of likely N-dealkylation sites (tertiary alicyclic amines) is 1. The zero-order chi connectivity index (χ0) is 16.3. The Balaban J connectivity index is -0.00000132. The van der Waals surface area contributed by atoms with Crippen molar-refractivity contribution in [1.29, 1.82) is 0 Å². The molecule has 11 heteroatoms. The van der Waals surface area contributed by atoms with Crippen LogP contribution in [0.15, 0.2) is 30.3 Å². The molecule has 1 fully saturated rings. The van der Waals surface area contributed by atoms with Gasteiger partial charge in [0.1, 0.15) is 6.61 Å². The van der Waals surface area contributed by atoms with Crippen LogP contribution in [0.2, 0.25) is 0 Å². The van der Waals surface area contributed by atoms with Crippen LogP contribution in [-0.2, 0) is 20.9 Å². The number of benzene rings is 1. The van der Waals surface area contributed by atoms with Gasteiger partial charge in [-0.25, -0.2) is 9.59 Å². The Morgan fingerprint density at radius 3 is 2.12 bits per heavy atom. The monoisotopic (exact) mass is 389 g/mol. The molecule has 0 unspecified atom stereocenters. The summed E-state index contributed by atoms with van der Waals surface area (Å²) in [6.07, 6.45) is -1.46. The molecule has 0 aromatic heterocycles. The van der Waals surface area contributed by atoms with Crippen molar-refractivity contribution < 1.29 is 40.3 Å². The van der Waals surface area contributed by atoms with E-state index in [9.17, 15) is 19.5 Å². The van der Waals surface area contributed by atoms with E-state index in [1.54, 1.807) is 31.2 Å². The van der Waals surface area contributed by atoms with E-state index in [1.165, 1.54) is 0 Å². The number of hydrogen-bond acceptors (Lipinski definition) is 4. The Hall–Kier alpha value is -0.650. The molecule has 1 saturated heterocycles. The Bertz CT molecular complexity index is 601. The van der Waals surface area contributed by atoms with E-state index >= 15 is 0 Å². The van der Waals surface area contributed by atoms with E-state index in [-0.39, 0.29) is 83.2 Å². The molecule has 0 spiro atoms. The van der Waals surface area contributed by atoms with Gasteiger partial charge in [0.15, 0.2) is 5.54 Å². The van der Waals surface area contributed by atoms with Crippen LogP contribution in [0.25, 0.3) is 0 Å². The van der Waals surface area contributed by atoms with Gasteiger partial charge < -0.3 is 25.9 Å². The predicted molar refractivity (Wildman–Crippen MR) is 93.9 cm³/mol. The Morgan fingerprint density at radius 2 is 1.69 bits per heavy atom. The van der Waals surface area contributed by atoms with Gasteiger partial charge in [-0.15, -0.1) is 0 Å². The Morgan fingerprint density at radius 1 is 1.15 bits per heavy atom. The number of amides is 1. The van der Waals surface area contributed by atoms with Gasteiger partial charge in [-0.3, -0.25) is 9.69 Å². The molecule has 2 atom stereocenters. The van der Waals surface area contributed by atoms with Crippen molar-refractivity contribution in [1.82, 2.24) is 4.90 Å². The van der Waals surface area contributed by atoms with Gasteiger partial charge in [0.25, 0.3) is 0 Å². The summed E-state index contributed by atoms with van der Waals surface area (Å²) >= 11 is 0. The van der Waals surface area contributed by atoms with Crippen molar-refractivity contribution in [2.75, 3.05) is 6.54 Å². The number of hydrogen-bond donors (Lipinski definition) is 2. The van der Waals surface area contributed by atoms with Crippen LogP contribution in [-0.4, -0.2) is 115 Å². The molecule has 0 saturated carbocycles. The zero-order valence-corrected chi connectivity index (χ0v) is 19.1. The van der Waals surface area contributed by atoms with Crippen LogP contribution in [0, 0.1) is 5.92 Å². The minimum atomic E-state index is -1.74. The smallest absolute Gasteiger partial charge is 0.411 e. The molecule has 1 aliphatic heterocycles. The van der Waals surface area contributed by atoms with Crippen LogP contribution in [0.5, 0.6) is 0 Å². The molecule has 0 aliphatic carbocycles. The maximum atomic E-state index is 12.1. The van der Waals surface area contributed by atoms with Gasteiger partial charge in [0.05, 0.1) is 6.42 Å². The first-order valence-electron chi connectivity index (χ1n) is 6.81. The molecular formula is C15H21NNa2O8. The molecule has 9 nitrogen and oxygen atoms in total. The van der Waals surface area contributed by atoms with E-state index < -0.39 is 35.9 Å². The topological polar surface area (TPSA) is 167 Å². The number of carbonyl (C=O) groups is 3. The van der Waals surface area contributed by atoms with E-state index in [4.69, 9.17) is 9.84 Å². The molecule has 1 amide bonds. The van der Waals surface area contributed by atoms with Crippen molar-refractivity contribution in [2.24, 2.45) is 5.92 Å². The minimum Gasteiger partial charge on any atom is -0.481 e. The molecule has 136 valence electrons. The number of ether oxygens (including phenoxy) is 1. The first-order chi connectivity index (χ1) is 10.4. The molecule has 0 bridgehead atoms. The molecule has 1 aromatic carbocycles. The number of nitrogens with zero attached hydrogens (tertiary/aromatic N) is 1. The van der Waals surface area contributed by atoms with Gasteiger partial charge >= 0.3 is 18.0 Å². The summed E-state index contributed by atoms with van der Waals surface area (Å²) in [4.78, 5) is 35.6. The normalized spacial score (nSPS) is 19.9. The average molecular weight is 389 g/mol. The quantitative estimate of drug-likeness (QED) is 0.623. The number of rotatable bonds is 5. The summed E-state index contributed by atoms with van der Waals surface area (Å²) in [5, 5.41) is 18.3. The average Bonchev–Trinajstić information content (AvgIpc) is 2.48. The number of carbonyl (C=O) groups excluding carboxylic acids is 1. The summed E-state index contributed by atoms with van der Waals surface area (Å²) in [5.74, 6) is -3.05. The molecule has 1 aliphatic rings. The SMILES string of the molecule is C[C@H]1CN(C(=O)OCc2ccccc2)[C@@]1(CC(=O)O)C(=O)O.O.O.[Na].[Na]. The third kappa shape index (κ3) is 6.21. The molecule has 6 N–H and O–H groups in total. The van der Waals surface area contributed by atoms with Gasteiger partial charge in [0, 0.05) is 71.6 Å². The zero-order valence-electron chi connectivity index (χ0n) is 15.1. The number of carboxylic acids is 2. The third-order valence-corrected chi connectivity index (χ3v) is 3.97. The molecule has 2 rings (SSSR count). The standard InChI is InChI=1S/C15H17NO6.2Na.2H2O/c1-10-8-16(15(10,13(19)20)7-12(17)18)14(21)22-9-11-5-3-2-4-6-11;;;;/h2-6,10H,7-9H2,1H3,(H,17,18)(H,19,20);;;2*1H2/t10-,15+;;;;/m0..../s1. The maximum Gasteiger partial charge on any atom is 0.411 e. The Kier molecular flexibility index (Phi) is 14.7. The van der Waals surface area contributed by atoms with E-state index in [1.807, 2.05) is 6.07 Å². The van der Waals surface area contributed by atoms with Gasteiger partial charge in [-0.05, 0) is 5.56 Å². The Labute approximate surface area is 194 Å². The largest absolute Gasteiger partial charge is 0.481 e. The van der Waals surface area contributed by atoms with Crippen molar-refractivity contribution in [3.63, 3.8) is 0 Å². The van der Waals surface area contributed by atoms with Crippen LogP contribution in [0.3, 0.4) is 0 Å². The second-order valence-corrected chi connectivity index (χ2v) is 5.35. The fourth-order valence-electron chi connectivity index (χ4n) is 2.68. The van der Waals surface area contributed by atoms with Crippen molar-refractivity contribution in [2.45, 2.75) is 25.5 Å². The van der Waals surface area contributed by atoms with E-state index in [0.717, 1.165) is 10.5 Å². The second kappa shape index (κ2) is 12.7. The van der Waals surface area contributed by atoms with Crippen molar-refractivity contribution in [3.05, 3.63) is 35.9 Å². The summed E-state index contributed by atoms with van der Waals surface area (Å²) in [5.41, 5.74) is -0.969. The molecule has 26 heavy (non-hydrogen) atoms. The van der Waals surface area contributed by atoms with Gasteiger partial charge in [0.2, 0.25) is 0 Å². The van der Waals surface area contributed by atoms with Crippen LogP contribution in [0.4, 0.5) is 4.79 Å². The van der Waals surface area contributed by atoms with Gasteiger partial charge in [-0.2, -0.15) is 0 Å². The third-order valence-electron chi connectivity index (χ3n) is 3.97. The molecule has 1 aromatic rings. The first kappa shape index (κ1) is 30.1. The van der Waals surface area contributed by atoms with E-state index in [2.05, 4.69) is 0 Å². The fourth-order valence-corrected chi connectivity index (χ4v) is 2.68. The summed E-state index contributed by atoms with van der Waals surface area (Å²) in [6, 6.07) is 8.95. The first-order valence-corrected chi connectivity index (χ1v) is 6.81. The van der Waals surface area contributed by atoms with E-state index in [0.29, 0.717) is 0 Å². The molecule has 2 radical (unpaired) electrons. The van der Waals surface area contributed by atoms with Crippen LogP contribution >= 0.6 is 0 Å². The van der Waals surface area contributed by atoms with Crippen molar-refractivity contribution >= 4 is 77.1 Å². The number of carboxylic acid groups (broad SMARTS) is 2. The minimum absolute atomic E-state index is 0. The maximum absolute atomic E-state index is 12.1. The van der Waals surface area contributed by atoms with Crippen LogP contribution in [0.1, 0.15) is 18.9 Å². The summed E-state index contributed by atoms with van der Waals surface area (Å²) < 4.78 is 5.10. The van der Waals surface area contributed by atoms with Crippen molar-refractivity contribution in [3.8, 4) is 0 Å². The summed E-state index contributed by atoms with van der Waals surface area (Å²) in [6.45, 7) is 1.78. The number of aliphatic carboxylic acids is 2. The fraction of sp³-hybridized carbons (Fsp3) is 0.400. The van der Waals surface area contributed by atoms with Crippen LogP contribution < -0.4 is 0 Å². The molecular weight excluding hydrogens is 368 g/mol. The second-order valence-electron chi connectivity index (χ2n) is 5.35. The van der Waals surface area contributed by atoms with Gasteiger partial charge in [-0.1, -0.05) is 37.3 Å².